The third kappa shape index (κ3) is 5.47. The molecule has 0 bridgehead atoms. The summed E-state index contributed by atoms with van der Waals surface area (Å²) in [6.45, 7) is 11.8. The number of hydrogen-bond donors (Lipinski definition) is 2. The number of carbonyl (C=O) groups excluding carboxylic acids is 3. The van der Waals surface area contributed by atoms with Crippen LogP contribution in [0.4, 0.5) is 5.69 Å². The number of benzene rings is 1. The highest BCUT2D eigenvalue weighted by molar-refractivity contribution is 6.46. The number of H-pyrrole nitrogens is 1. The largest absolute Gasteiger partial charge is 0.507 e. The maximum atomic E-state index is 13.3. The molecule has 0 aliphatic carbocycles. The lowest BCUT2D eigenvalue weighted by atomic mass is 9.94. The van der Waals surface area contributed by atoms with Crippen molar-refractivity contribution in [2.75, 3.05) is 32.8 Å². The molecule has 1 atom stereocenters. The van der Waals surface area contributed by atoms with Gasteiger partial charge in [-0.1, -0.05) is 13.8 Å². The highest BCUT2D eigenvalue weighted by atomic mass is 16.6. The zero-order chi connectivity index (χ0) is 28.1. The van der Waals surface area contributed by atoms with Crippen LogP contribution in [0.15, 0.2) is 29.8 Å². The van der Waals surface area contributed by atoms with Gasteiger partial charge in [0.2, 0.25) is 0 Å². The summed E-state index contributed by atoms with van der Waals surface area (Å²) in [5.74, 6) is -2.63. The van der Waals surface area contributed by atoms with Gasteiger partial charge in [-0.3, -0.25) is 19.7 Å². The van der Waals surface area contributed by atoms with Crippen LogP contribution in [-0.4, -0.2) is 75.3 Å². The number of aromatic amines is 1. The van der Waals surface area contributed by atoms with E-state index < -0.39 is 34.4 Å². The molecule has 3 rings (SSSR count). The predicted molar refractivity (Wildman–Crippen MR) is 141 cm³/mol. The Bertz CT molecular complexity index is 1260. The molecule has 1 aliphatic heterocycles. The van der Waals surface area contributed by atoms with E-state index in [1.54, 1.807) is 20.8 Å². The minimum Gasteiger partial charge on any atom is -0.507 e. The Morgan fingerprint density at radius 3 is 2.34 bits per heavy atom. The third-order valence-electron chi connectivity index (χ3n) is 6.88. The van der Waals surface area contributed by atoms with E-state index in [4.69, 9.17) is 4.74 Å². The summed E-state index contributed by atoms with van der Waals surface area (Å²) >= 11 is 0. The molecule has 1 aromatic carbocycles. The number of hydrogen-bond acceptors (Lipinski definition) is 8. The van der Waals surface area contributed by atoms with Crippen LogP contribution in [0.2, 0.25) is 0 Å². The van der Waals surface area contributed by atoms with Gasteiger partial charge in [0.25, 0.3) is 17.4 Å². The lowest BCUT2D eigenvalue weighted by molar-refractivity contribution is -0.384. The molecular weight excluding hydrogens is 492 g/mol. The maximum Gasteiger partial charge on any atom is 0.355 e. The lowest BCUT2D eigenvalue weighted by Crippen LogP contribution is -2.33. The van der Waals surface area contributed by atoms with Crippen molar-refractivity contribution in [1.82, 2.24) is 14.8 Å². The normalized spacial score (nSPS) is 16.9. The van der Waals surface area contributed by atoms with Crippen LogP contribution in [0.3, 0.4) is 0 Å². The number of amides is 1. The molecule has 2 aromatic rings. The first kappa shape index (κ1) is 28.6. The van der Waals surface area contributed by atoms with Gasteiger partial charge in [-0.25, -0.2) is 4.79 Å². The molecular formula is C27H34N4O7. The number of nitro benzene ring substituents is 1. The molecule has 2 N–H and O–H groups in total. The number of ketones is 1. The number of aryl methyl sites for hydroxylation is 1. The van der Waals surface area contributed by atoms with Crippen molar-refractivity contribution < 1.29 is 29.2 Å². The number of non-ortho nitro benzene ring substituents is 1. The first-order valence-electron chi connectivity index (χ1n) is 12.7. The molecule has 38 heavy (non-hydrogen) atoms. The van der Waals surface area contributed by atoms with Crippen molar-refractivity contribution >= 4 is 29.1 Å². The number of nitrogens with one attached hydrogen (secondary N) is 1. The molecule has 11 heteroatoms. The van der Waals surface area contributed by atoms with Gasteiger partial charge in [-0.2, -0.15) is 0 Å². The van der Waals surface area contributed by atoms with Crippen LogP contribution in [-0.2, 0) is 14.3 Å². The summed E-state index contributed by atoms with van der Waals surface area (Å²) in [6.07, 6.45) is 0.591. The van der Waals surface area contributed by atoms with Crippen LogP contribution in [0.25, 0.3) is 5.76 Å². The number of esters is 1. The van der Waals surface area contributed by atoms with Crippen molar-refractivity contribution in [2.45, 2.75) is 47.1 Å². The predicted octanol–water partition coefficient (Wildman–Crippen LogP) is 3.87. The van der Waals surface area contributed by atoms with Gasteiger partial charge < -0.3 is 24.6 Å². The minimum atomic E-state index is -0.952. The van der Waals surface area contributed by atoms with Gasteiger partial charge in [0, 0.05) is 29.9 Å². The average molecular weight is 527 g/mol. The number of nitrogens with zero attached hydrogens (tertiary/aromatic N) is 3. The van der Waals surface area contributed by atoms with Crippen molar-refractivity contribution in [3.05, 3.63) is 68.0 Å². The Hall–Kier alpha value is -3.99. The van der Waals surface area contributed by atoms with Gasteiger partial charge in [0.15, 0.2) is 0 Å². The van der Waals surface area contributed by atoms with Crippen LogP contribution in [0, 0.1) is 24.0 Å². The molecule has 0 radical (unpaired) electrons. The van der Waals surface area contributed by atoms with Gasteiger partial charge in [0.1, 0.15) is 11.5 Å². The van der Waals surface area contributed by atoms with Crippen molar-refractivity contribution in [2.24, 2.45) is 0 Å². The number of Topliss-reactive ketones (excluding diaryl/α,β-unsaturated/α-hetero) is 1. The number of carbonyl (C=O) groups is 3. The number of aliphatic hydroxyl groups excluding tert-OH is 1. The van der Waals surface area contributed by atoms with E-state index in [0.29, 0.717) is 29.8 Å². The number of rotatable bonds is 11. The molecule has 0 spiro atoms. The topological polar surface area (TPSA) is 146 Å². The number of likely N-dealkylation sites (tertiary alicyclic amines) is 1. The summed E-state index contributed by atoms with van der Waals surface area (Å²) in [7, 11) is 0. The van der Waals surface area contributed by atoms with E-state index in [1.165, 1.54) is 29.2 Å². The molecule has 2 heterocycles. The van der Waals surface area contributed by atoms with Gasteiger partial charge >= 0.3 is 5.97 Å². The van der Waals surface area contributed by atoms with Crippen LogP contribution in [0.1, 0.15) is 66.1 Å². The third-order valence-corrected chi connectivity index (χ3v) is 6.88. The van der Waals surface area contributed by atoms with Crippen molar-refractivity contribution in [3.63, 3.8) is 0 Å². The van der Waals surface area contributed by atoms with Crippen molar-refractivity contribution in [1.29, 1.82) is 0 Å². The van der Waals surface area contributed by atoms with Gasteiger partial charge in [-0.05, 0) is 70.1 Å². The molecule has 1 amide bonds. The molecule has 1 saturated heterocycles. The second-order valence-corrected chi connectivity index (χ2v) is 9.07. The van der Waals surface area contributed by atoms with Crippen molar-refractivity contribution in [3.8, 4) is 0 Å². The first-order chi connectivity index (χ1) is 18.1. The maximum absolute atomic E-state index is 13.3. The van der Waals surface area contributed by atoms with E-state index in [0.717, 1.165) is 13.1 Å². The molecule has 1 aliphatic rings. The second kappa shape index (κ2) is 12.0. The Labute approximate surface area is 221 Å². The summed E-state index contributed by atoms with van der Waals surface area (Å²) in [5.41, 5.74) is 1.38. The SMILES string of the molecule is CCOC(=O)c1[nH]c(C)c(C(O)=C2C(=O)C(=O)N(CCCN(CC)CC)C2c2ccc([N+](=O)[O-])cc2)c1C. The van der Waals surface area contributed by atoms with Gasteiger partial charge in [0.05, 0.1) is 23.1 Å². The van der Waals surface area contributed by atoms with E-state index in [1.807, 2.05) is 13.8 Å². The highest BCUT2D eigenvalue weighted by Gasteiger charge is 2.46. The monoisotopic (exact) mass is 526 g/mol. The summed E-state index contributed by atoms with van der Waals surface area (Å²) in [6, 6.07) is 4.63. The lowest BCUT2D eigenvalue weighted by Gasteiger charge is -2.26. The minimum absolute atomic E-state index is 0.132. The van der Waals surface area contributed by atoms with Crippen LogP contribution < -0.4 is 0 Å². The highest BCUT2D eigenvalue weighted by Crippen LogP contribution is 2.41. The smallest absolute Gasteiger partial charge is 0.355 e. The zero-order valence-electron chi connectivity index (χ0n) is 22.4. The number of aromatic nitrogens is 1. The Balaban J connectivity index is 2.13. The Morgan fingerprint density at radius 1 is 1.16 bits per heavy atom. The van der Waals surface area contributed by atoms with E-state index in [-0.39, 0.29) is 35.7 Å². The Kier molecular flexibility index (Phi) is 9.05. The molecule has 11 nitrogen and oxygen atoms in total. The first-order valence-corrected chi connectivity index (χ1v) is 12.7. The summed E-state index contributed by atoms with van der Waals surface area (Å²) < 4.78 is 5.08. The quantitative estimate of drug-likeness (QED) is 0.112. The zero-order valence-corrected chi connectivity index (χ0v) is 22.4. The summed E-state index contributed by atoms with van der Waals surface area (Å²) in [4.78, 5) is 56.1. The van der Waals surface area contributed by atoms with E-state index >= 15 is 0 Å². The number of ether oxygens (including phenoxy) is 1. The molecule has 1 fully saturated rings. The van der Waals surface area contributed by atoms with Gasteiger partial charge in [-0.15, -0.1) is 0 Å². The molecule has 0 saturated carbocycles. The Morgan fingerprint density at radius 2 is 1.79 bits per heavy atom. The number of aliphatic hydroxyl groups is 1. The summed E-state index contributed by atoms with van der Waals surface area (Å²) in [5, 5.41) is 22.7. The van der Waals surface area contributed by atoms with Crippen LogP contribution >= 0.6 is 0 Å². The fourth-order valence-electron chi connectivity index (χ4n) is 4.89. The standard InChI is InChI=1S/C27H34N4O7/c1-6-29(7-2)14-9-15-30-23(18-10-12-19(13-11-18)31(36)37)21(25(33)26(30)34)24(32)20-16(4)22(28-17(20)5)27(35)38-8-3/h10-13,23,28,32H,6-9,14-15H2,1-5H3. The van der Waals surface area contributed by atoms with E-state index in [2.05, 4.69) is 9.88 Å². The average Bonchev–Trinajstić information content (AvgIpc) is 3.33. The molecule has 1 aromatic heterocycles. The molecule has 204 valence electrons. The number of nitro groups is 1. The fraction of sp³-hybridized carbons (Fsp3) is 0.444. The molecule has 1 unspecified atom stereocenters. The second-order valence-electron chi connectivity index (χ2n) is 9.07. The fourth-order valence-corrected chi connectivity index (χ4v) is 4.89. The van der Waals surface area contributed by atoms with E-state index in [9.17, 15) is 29.6 Å². The van der Waals surface area contributed by atoms with Crippen LogP contribution in [0.5, 0.6) is 0 Å².